The maximum absolute atomic E-state index is 12.3. The van der Waals surface area contributed by atoms with E-state index in [1.54, 1.807) is 23.7 Å². The van der Waals surface area contributed by atoms with E-state index in [2.05, 4.69) is 10.6 Å². The summed E-state index contributed by atoms with van der Waals surface area (Å²) in [7, 11) is 1.75. The third-order valence-corrected chi connectivity index (χ3v) is 4.52. The van der Waals surface area contributed by atoms with Crippen LogP contribution in [0, 0.1) is 0 Å². The molecule has 1 aliphatic rings. The maximum atomic E-state index is 12.3. The van der Waals surface area contributed by atoms with Crippen molar-refractivity contribution < 1.29 is 9.59 Å². The first kappa shape index (κ1) is 15.9. The highest BCUT2D eigenvalue weighted by atomic mass is 32.2. The Morgan fingerprint density at radius 1 is 1.43 bits per heavy atom. The van der Waals surface area contributed by atoms with Gasteiger partial charge in [0, 0.05) is 44.3 Å². The van der Waals surface area contributed by atoms with Gasteiger partial charge in [-0.1, -0.05) is 18.2 Å². The molecule has 1 atom stereocenters. The van der Waals surface area contributed by atoms with Crippen LogP contribution in [0.25, 0.3) is 0 Å². The Labute approximate surface area is 129 Å². The normalized spacial score (nSPS) is 18.1. The first-order valence-electron chi connectivity index (χ1n) is 6.99. The lowest BCUT2D eigenvalue weighted by molar-refractivity contribution is -0.128. The van der Waals surface area contributed by atoms with E-state index in [-0.39, 0.29) is 17.9 Å². The Bertz CT molecular complexity index is 515. The topological polar surface area (TPSA) is 61.4 Å². The number of nitrogens with zero attached hydrogens (tertiary/aromatic N) is 1. The van der Waals surface area contributed by atoms with Crippen molar-refractivity contribution in [3.63, 3.8) is 0 Å². The molecule has 1 unspecified atom stereocenters. The Morgan fingerprint density at radius 2 is 2.19 bits per heavy atom. The lowest BCUT2D eigenvalue weighted by Crippen LogP contribution is -2.46. The molecule has 6 heteroatoms. The molecule has 1 aromatic rings. The van der Waals surface area contributed by atoms with Crippen molar-refractivity contribution in [1.29, 1.82) is 0 Å². The number of amides is 2. The van der Waals surface area contributed by atoms with Crippen molar-refractivity contribution in [2.24, 2.45) is 0 Å². The summed E-state index contributed by atoms with van der Waals surface area (Å²) in [6, 6.07) is 7.45. The molecule has 0 bridgehead atoms. The SMILES string of the molecule is CC(=O)N(C)Cc1ccccc1NC(=O)C1CSCCN1. The summed E-state index contributed by atoms with van der Waals surface area (Å²) >= 11 is 1.78. The fourth-order valence-electron chi connectivity index (χ4n) is 2.10. The van der Waals surface area contributed by atoms with E-state index in [1.807, 2.05) is 24.3 Å². The molecule has 1 aromatic carbocycles. The van der Waals surface area contributed by atoms with Gasteiger partial charge in [0.2, 0.25) is 11.8 Å². The van der Waals surface area contributed by atoms with Crippen LogP contribution in [0.2, 0.25) is 0 Å². The van der Waals surface area contributed by atoms with Crippen LogP contribution in [0.5, 0.6) is 0 Å². The van der Waals surface area contributed by atoms with E-state index in [0.29, 0.717) is 6.54 Å². The molecule has 1 saturated heterocycles. The van der Waals surface area contributed by atoms with E-state index in [4.69, 9.17) is 0 Å². The largest absolute Gasteiger partial charge is 0.342 e. The molecule has 0 aromatic heterocycles. The second kappa shape index (κ2) is 7.47. The van der Waals surface area contributed by atoms with Gasteiger partial charge in [-0.2, -0.15) is 11.8 Å². The van der Waals surface area contributed by atoms with Crippen LogP contribution in [-0.4, -0.2) is 47.9 Å². The van der Waals surface area contributed by atoms with Crippen molar-refractivity contribution >= 4 is 29.3 Å². The monoisotopic (exact) mass is 307 g/mol. The Kier molecular flexibility index (Phi) is 5.64. The van der Waals surface area contributed by atoms with Crippen LogP contribution >= 0.6 is 11.8 Å². The highest BCUT2D eigenvalue weighted by Gasteiger charge is 2.21. The summed E-state index contributed by atoms with van der Waals surface area (Å²) in [5.74, 6) is 1.83. The second-order valence-corrected chi connectivity index (χ2v) is 6.25. The number of carbonyl (C=O) groups excluding carboxylic acids is 2. The Hall–Kier alpha value is -1.53. The first-order valence-corrected chi connectivity index (χ1v) is 8.15. The van der Waals surface area contributed by atoms with Gasteiger partial charge < -0.3 is 15.5 Å². The minimum atomic E-state index is -0.151. The number of anilines is 1. The molecular weight excluding hydrogens is 286 g/mol. The number of nitrogens with one attached hydrogen (secondary N) is 2. The summed E-state index contributed by atoms with van der Waals surface area (Å²) in [6.07, 6.45) is 0. The van der Waals surface area contributed by atoms with Crippen LogP contribution in [0.3, 0.4) is 0 Å². The lowest BCUT2D eigenvalue weighted by Gasteiger charge is -2.23. The number of para-hydroxylation sites is 1. The number of hydrogen-bond donors (Lipinski definition) is 2. The molecule has 21 heavy (non-hydrogen) atoms. The lowest BCUT2D eigenvalue weighted by atomic mass is 10.1. The molecule has 0 aliphatic carbocycles. The summed E-state index contributed by atoms with van der Waals surface area (Å²) in [5, 5.41) is 6.19. The van der Waals surface area contributed by atoms with Gasteiger partial charge in [0.1, 0.15) is 0 Å². The molecule has 1 heterocycles. The van der Waals surface area contributed by atoms with E-state index in [9.17, 15) is 9.59 Å². The quantitative estimate of drug-likeness (QED) is 0.880. The van der Waals surface area contributed by atoms with Crippen LogP contribution < -0.4 is 10.6 Å². The molecule has 1 aliphatic heterocycles. The predicted octanol–water partition coefficient (Wildman–Crippen LogP) is 1.31. The molecule has 2 N–H and O–H groups in total. The van der Waals surface area contributed by atoms with E-state index < -0.39 is 0 Å². The molecule has 2 rings (SSSR count). The number of hydrogen-bond acceptors (Lipinski definition) is 4. The maximum Gasteiger partial charge on any atom is 0.242 e. The summed E-state index contributed by atoms with van der Waals surface area (Å²) in [6.45, 7) is 2.88. The number of rotatable bonds is 4. The molecule has 1 fully saturated rings. The van der Waals surface area contributed by atoms with Crippen LogP contribution in [0.1, 0.15) is 12.5 Å². The standard InChI is InChI=1S/C15H21N3O2S/c1-11(19)18(2)9-12-5-3-4-6-13(12)17-15(20)14-10-21-8-7-16-14/h3-6,14,16H,7-10H2,1-2H3,(H,17,20). The molecule has 0 spiro atoms. The van der Waals surface area contributed by atoms with E-state index >= 15 is 0 Å². The zero-order valence-corrected chi connectivity index (χ0v) is 13.2. The Balaban J connectivity index is 2.05. The van der Waals surface area contributed by atoms with Gasteiger partial charge >= 0.3 is 0 Å². The number of thioether (sulfide) groups is 1. The zero-order chi connectivity index (χ0) is 15.2. The Morgan fingerprint density at radius 3 is 2.86 bits per heavy atom. The van der Waals surface area contributed by atoms with Gasteiger partial charge in [-0.25, -0.2) is 0 Å². The molecule has 0 saturated carbocycles. The summed E-state index contributed by atoms with van der Waals surface area (Å²) in [4.78, 5) is 25.3. The summed E-state index contributed by atoms with van der Waals surface area (Å²) in [5.41, 5.74) is 1.71. The van der Waals surface area contributed by atoms with Gasteiger partial charge in [-0.15, -0.1) is 0 Å². The number of carbonyl (C=O) groups is 2. The van der Waals surface area contributed by atoms with Gasteiger partial charge in [-0.3, -0.25) is 9.59 Å². The van der Waals surface area contributed by atoms with Crippen molar-refractivity contribution in [3.8, 4) is 0 Å². The highest BCUT2D eigenvalue weighted by Crippen LogP contribution is 2.18. The third kappa shape index (κ3) is 4.47. The van der Waals surface area contributed by atoms with E-state index in [1.165, 1.54) is 6.92 Å². The summed E-state index contributed by atoms with van der Waals surface area (Å²) < 4.78 is 0. The molecular formula is C15H21N3O2S. The van der Waals surface area contributed by atoms with E-state index in [0.717, 1.165) is 29.3 Å². The predicted molar refractivity (Wildman–Crippen MR) is 86.3 cm³/mol. The van der Waals surface area contributed by atoms with Gasteiger partial charge in [0.05, 0.1) is 6.04 Å². The molecule has 114 valence electrons. The van der Waals surface area contributed by atoms with Crippen molar-refractivity contribution in [2.75, 3.05) is 30.4 Å². The average molecular weight is 307 g/mol. The fraction of sp³-hybridized carbons (Fsp3) is 0.467. The van der Waals surface area contributed by atoms with Crippen LogP contribution in [-0.2, 0) is 16.1 Å². The minimum absolute atomic E-state index is 0.00137. The number of benzene rings is 1. The van der Waals surface area contributed by atoms with Crippen molar-refractivity contribution in [3.05, 3.63) is 29.8 Å². The van der Waals surface area contributed by atoms with Crippen LogP contribution in [0.4, 0.5) is 5.69 Å². The van der Waals surface area contributed by atoms with Gasteiger partial charge in [-0.05, 0) is 11.6 Å². The molecule has 0 radical (unpaired) electrons. The molecule has 5 nitrogen and oxygen atoms in total. The molecule has 2 amide bonds. The average Bonchev–Trinajstić information content (AvgIpc) is 2.50. The minimum Gasteiger partial charge on any atom is -0.342 e. The van der Waals surface area contributed by atoms with Crippen LogP contribution in [0.15, 0.2) is 24.3 Å². The third-order valence-electron chi connectivity index (χ3n) is 3.46. The van der Waals surface area contributed by atoms with Crippen molar-refractivity contribution in [1.82, 2.24) is 10.2 Å². The highest BCUT2D eigenvalue weighted by molar-refractivity contribution is 7.99. The first-order chi connectivity index (χ1) is 10.1. The van der Waals surface area contributed by atoms with Crippen molar-refractivity contribution in [2.45, 2.75) is 19.5 Å². The second-order valence-electron chi connectivity index (χ2n) is 5.10. The van der Waals surface area contributed by atoms with Gasteiger partial charge in [0.15, 0.2) is 0 Å². The smallest absolute Gasteiger partial charge is 0.242 e. The van der Waals surface area contributed by atoms with Gasteiger partial charge in [0.25, 0.3) is 0 Å². The fourth-order valence-corrected chi connectivity index (χ4v) is 3.03. The zero-order valence-electron chi connectivity index (χ0n) is 12.4.